The molecule has 16 heavy (non-hydrogen) atoms. The zero-order valence-corrected chi connectivity index (χ0v) is 10.8. The number of hydrogen-bond acceptors (Lipinski definition) is 2. The van der Waals surface area contributed by atoms with Crippen LogP contribution in [-0.4, -0.2) is 35.6 Å². The Kier molecular flexibility index (Phi) is 4.04. The van der Waals surface area contributed by atoms with E-state index < -0.39 is 0 Å². The molecule has 0 spiro atoms. The van der Waals surface area contributed by atoms with Crippen molar-refractivity contribution >= 4 is 0 Å². The zero-order valence-electron chi connectivity index (χ0n) is 10.8. The zero-order chi connectivity index (χ0) is 11.5. The molecule has 1 N–H and O–H groups in total. The van der Waals surface area contributed by atoms with Crippen LogP contribution in [-0.2, 0) is 0 Å². The van der Waals surface area contributed by atoms with Gasteiger partial charge in [0, 0.05) is 24.2 Å². The largest absolute Gasteiger partial charge is 0.314 e. The second-order valence-corrected chi connectivity index (χ2v) is 5.43. The molecule has 2 aliphatic rings. The summed E-state index contributed by atoms with van der Waals surface area (Å²) in [4.78, 5) is 2.71. The quantitative estimate of drug-likeness (QED) is 0.719. The molecule has 0 aliphatic carbocycles. The van der Waals surface area contributed by atoms with E-state index in [0.29, 0.717) is 6.04 Å². The molecule has 2 saturated heterocycles. The molecule has 0 aromatic heterocycles. The molecular weight excluding hydrogens is 196 g/mol. The normalized spacial score (nSPS) is 36.2. The van der Waals surface area contributed by atoms with Gasteiger partial charge in [0.2, 0.25) is 0 Å². The van der Waals surface area contributed by atoms with Gasteiger partial charge in [-0.1, -0.05) is 13.0 Å². The van der Waals surface area contributed by atoms with Gasteiger partial charge in [0.25, 0.3) is 0 Å². The second kappa shape index (κ2) is 5.33. The first-order valence-corrected chi connectivity index (χ1v) is 6.89. The van der Waals surface area contributed by atoms with Crippen LogP contribution in [0.25, 0.3) is 0 Å². The summed E-state index contributed by atoms with van der Waals surface area (Å²) in [5.74, 6) is 0. The third-order valence-corrected chi connectivity index (χ3v) is 4.28. The van der Waals surface area contributed by atoms with Gasteiger partial charge in [-0.05, 0) is 45.6 Å². The van der Waals surface area contributed by atoms with Crippen molar-refractivity contribution in [3.8, 4) is 0 Å². The Morgan fingerprint density at radius 3 is 2.50 bits per heavy atom. The summed E-state index contributed by atoms with van der Waals surface area (Å²) in [5.41, 5.74) is 0. The van der Waals surface area contributed by atoms with Crippen molar-refractivity contribution < 1.29 is 0 Å². The van der Waals surface area contributed by atoms with E-state index >= 15 is 0 Å². The molecule has 2 aliphatic heterocycles. The van der Waals surface area contributed by atoms with Crippen LogP contribution < -0.4 is 5.32 Å². The van der Waals surface area contributed by atoms with Gasteiger partial charge >= 0.3 is 0 Å². The van der Waals surface area contributed by atoms with Crippen molar-refractivity contribution in [1.29, 1.82) is 0 Å². The Bertz CT molecular complexity index is 225. The van der Waals surface area contributed by atoms with Crippen LogP contribution in [0.4, 0.5) is 0 Å². The van der Waals surface area contributed by atoms with E-state index in [2.05, 4.69) is 36.7 Å². The van der Waals surface area contributed by atoms with E-state index in [-0.39, 0.29) is 0 Å². The minimum atomic E-state index is 0.560. The fourth-order valence-corrected chi connectivity index (χ4v) is 3.52. The molecule has 2 bridgehead atoms. The minimum Gasteiger partial charge on any atom is -0.314 e. The Labute approximate surface area is 100 Å². The minimum absolute atomic E-state index is 0.560. The van der Waals surface area contributed by atoms with Crippen molar-refractivity contribution in [2.24, 2.45) is 0 Å². The van der Waals surface area contributed by atoms with Gasteiger partial charge < -0.3 is 5.32 Å². The highest BCUT2D eigenvalue weighted by molar-refractivity contribution is 5.02. The number of piperidine rings is 1. The monoisotopic (exact) mass is 222 g/mol. The summed E-state index contributed by atoms with van der Waals surface area (Å²) in [7, 11) is 0. The number of rotatable bonds is 5. The lowest BCUT2D eigenvalue weighted by Crippen LogP contribution is -2.51. The predicted octanol–water partition coefficient (Wildman–Crippen LogP) is 2.56. The van der Waals surface area contributed by atoms with Crippen LogP contribution in [0.1, 0.15) is 46.0 Å². The molecule has 3 unspecified atom stereocenters. The molecule has 0 radical (unpaired) electrons. The summed E-state index contributed by atoms with van der Waals surface area (Å²) in [6.45, 7) is 9.66. The van der Waals surface area contributed by atoms with Crippen LogP contribution in [0.5, 0.6) is 0 Å². The van der Waals surface area contributed by atoms with Crippen LogP contribution in [0.2, 0.25) is 0 Å². The van der Waals surface area contributed by atoms with E-state index in [4.69, 9.17) is 0 Å². The number of nitrogens with zero attached hydrogens (tertiary/aromatic N) is 1. The first-order valence-electron chi connectivity index (χ1n) is 6.89. The van der Waals surface area contributed by atoms with Crippen molar-refractivity contribution in [2.45, 2.75) is 70.1 Å². The number of hydrogen-bond donors (Lipinski definition) is 1. The molecule has 92 valence electrons. The van der Waals surface area contributed by atoms with Crippen molar-refractivity contribution in [3.05, 3.63) is 12.7 Å². The van der Waals surface area contributed by atoms with Gasteiger partial charge in [-0.25, -0.2) is 0 Å². The molecule has 2 rings (SSSR count). The fourth-order valence-electron chi connectivity index (χ4n) is 3.52. The summed E-state index contributed by atoms with van der Waals surface area (Å²) in [5, 5.41) is 3.70. The first kappa shape index (κ1) is 12.1. The summed E-state index contributed by atoms with van der Waals surface area (Å²) >= 11 is 0. The maximum Gasteiger partial charge on any atom is 0.0253 e. The molecule has 0 amide bonds. The maximum absolute atomic E-state index is 3.94. The molecule has 2 nitrogen and oxygen atoms in total. The van der Waals surface area contributed by atoms with Gasteiger partial charge in [-0.3, -0.25) is 4.90 Å². The Balaban J connectivity index is 1.93. The SMILES string of the molecule is C=CC(C)N1C2CCC1CC(NCCC)C2. The highest BCUT2D eigenvalue weighted by Gasteiger charge is 2.41. The van der Waals surface area contributed by atoms with Gasteiger partial charge in [-0.2, -0.15) is 0 Å². The van der Waals surface area contributed by atoms with Gasteiger partial charge in [0.05, 0.1) is 0 Å². The molecular formula is C14H26N2. The lowest BCUT2D eigenvalue weighted by atomic mass is 9.95. The summed E-state index contributed by atoms with van der Waals surface area (Å²) in [6, 6.07) is 2.94. The lowest BCUT2D eigenvalue weighted by molar-refractivity contribution is 0.0963. The van der Waals surface area contributed by atoms with E-state index in [0.717, 1.165) is 18.1 Å². The van der Waals surface area contributed by atoms with Crippen molar-refractivity contribution in [2.75, 3.05) is 6.54 Å². The molecule has 2 fully saturated rings. The topological polar surface area (TPSA) is 15.3 Å². The second-order valence-electron chi connectivity index (χ2n) is 5.43. The Morgan fingerprint density at radius 2 is 2.00 bits per heavy atom. The standard InChI is InChI=1S/C14H26N2/c1-4-8-15-12-9-13-6-7-14(10-12)16(13)11(3)5-2/h5,11-15H,2,4,6-10H2,1,3H3. The molecule has 0 saturated carbocycles. The first-order chi connectivity index (χ1) is 7.76. The smallest absolute Gasteiger partial charge is 0.0253 e. The number of nitrogens with one attached hydrogen (secondary N) is 1. The summed E-state index contributed by atoms with van der Waals surface area (Å²) < 4.78 is 0. The highest BCUT2D eigenvalue weighted by Crippen LogP contribution is 2.37. The van der Waals surface area contributed by atoms with Crippen LogP contribution >= 0.6 is 0 Å². The van der Waals surface area contributed by atoms with Crippen LogP contribution in [0.15, 0.2) is 12.7 Å². The Hall–Kier alpha value is -0.340. The maximum atomic E-state index is 3.94. The molecule has 3 atom stereocenters. The molecule has 0 aromatic rings. The Morgan fingerprint density at radius 1 is 1.38 bits per heavy atom. The van der Waals surface area contributed by atoms with Crippen LogP contribution in [0, 0.1) is 0 Å². The molecule has 0 aromatic carbocycles. The average molecular weight is 222 g/mol. The third-order valence-electron chi connectivity index (χ3n) is 4.28. The van der Waals surface area contributed by atoms with E-state index in [1.165, 1.54) is 38.6 Å². The molecule has 2 heterocycles. The van der Waals surface area contributed by atoms with Gasteiger partial charge in [-0.15, -0.1) is 6.58 Å². The highest BCUT2D eigenvalue weighted by atomic mass is 15.2. The predicted molar refractivity (Wildman–Crippen MR) is 69.6 cm³/mol. The van der Waals surface area contributed by atoms with Gasteiger partial charge in [0.1, 0.15) is 0 Å². The van der Waals surface area contributed by atoms with Crippen LogP contribution in [0.3, 0.4) is 0 Å². The van der Waals surface area contributed by atoms with Crippen molar-refractivity contribution in [3.63, 3.8) is 0 Å². The van der Waals surface area contributed by atoms with Crippen molar-refractivity contribution in [1.82, 2.24) is 10.2 Å². The average Bonchev–Trinajstić information content (AvgIpc) is 2.57. The van der Waals surface area contributed by atoms with E-state index in [9.17, 15) is 0 Å². The lowest BCUT2D eigenvalue weighted by Gasteiger charge is -2.42. The van der Waals surface area contributed by atoms with Gasteiger partial charge in [0.15, 0.2) is 0 Å². The van der Waals surface area contributed by atoms with E-state index in [1.807, 2.05) is 0 Å². The third kappa shape index (κ3) is 2.33. The number of fused-ring (bicyclic) bond motifs is 2. The van der Waals surface area contributed by atoms with E-state index in [1.54, 1.807) is 0 Å². The summed E-state index contributed by atoms with van der Waals surface area (Å²) in [6.07, 6.45) is 8.83. The molecule has 2 heteroatoms. The fraction of sp³-hybridized carbons (Fsp3) is 0.857.